The summed E-state index contributed by atoms with van der Waals surface area (Å²) >= 11 is 0. The number of benzene rings is 1. The van der Waals surface area contributed by atoms with Gasteiger partial charge in [0.1, 0.15) is 17.3 Å². The Bertz CT molecular complexity index is 1070. The van der Waals surface area contributed by atoms with Crippen molar-refractivity contribution in [1.82, 2.24) is 20.1 Å². The van der Waals surface area contributed by atoms with Gasteiger partial charge in [-0.1, -0.05) is 19.1 Å². The van der Waals surface area contributed by atoms with Crippen LogP contribution in [0.2, 0.25) is 0 Å². The van der Waals surface area contributed by atoms with Crippen molar-refractivity contribution in [3.8, 4) is 11.3 Å². The summed E-state index contributed by atoms with van der Waals surface area (Å²) in [5, 5.41) is 19.2. The third-order valence-corrected chi connectivity index (χ3v) is 5.18. The average molecular weight is 443 g/mol. The summed E-state index contributed by atoms with van der Waals surface area (Å²) in [7, 11) is 1.71. The monoisotopic (exact) mass is 443 g/mol. The van der Waals surface area contributed by atoms with Gasteiger partial charge in [0.05, 0.1) is 11.8 Å². The van der Waals surface area contributed by atoms with Crippen molar-refractivity contribution < 1.29 is 18.7 Å². The lowest BCUT2D eigenvalue weighted by Gasteiger charge is -2.16. The number of aliphatic hydroxyl groups is 1. The number of carbonyl (C=O) groups excluding carboxylic acids is 1. The van der Waals surface area contributed by atoms with Crippen LogP contribution < -0.4 is 10.6 Å². The van der Waals surface area contributed by atoms with E-state index >= 15 is 0 Å². The summed E-state index contributed by atoms with van der Waals surface area (Å²) in [6.07, 6.45) is 4.31. The standard InChI is InChI=1S/C23H27F2N5O2/c1-3-15(14-31)11-27-23(32)19-10-20(25)21(17-12-28-30(2)13-17)29-22(19)26-8-7-16-5-4-6-18(24)9-16/h4-6,9-10,12-13,15,31H,3,7-8,11,14H2,1-2H3,(H,26,29)(H,27,32)/t15-/m1/s1. The largest absolute Gasteiger partial charge is 0.396 e. The normalized spacial score (nSPS) is 11.9. The predicted octanol–water partition coefficient (Wildman–Crippen LogP) is 3.16. The Morgan fingerprint density at radius 3 is 2.75 bits per heavy atom. The molecular formula is C23H27F2N5O2. The van der Waals surface area contributed by atoms with Crippen LogP contribution in [-0.4, -0.2) is 45.5 Å². The molecular weight excluding hydrogens is 416 g/mol. The molecule has 0 unspecified atom stereocenters. The minimum atomic E-state index is -0.645. The molecule has 0 aliphatic carbocycles. The van der Waals surface area contributed by atoms with Crippen molar-refractivity contribution in [3.63, 3.8) is 0 Å². The van der Waals surface area contributed by atoms with Crippen LogP contribution in [0, 0.1) is 17.6 Å². The number of anilines is 1. The Labute approximate surface area is 185 Å². The lowest BCUT2D eigenvalue weighted by Crippen LogP contribution is -2.31. The molecule has 1 amide bonds. The van der Waals surface area contributed by atoms with Crippen molar-refractivity contribution >= 4 is 11.7 Å². The van der Waals surface area contributed by atoms with E-state index in [1.54, 1.807) is 25.4 Å². The topological polar surface area (TPSA) is 92.1 Å². The van der Waals surface area contributed by atoms with Crippen molar-refractivity contribution in [1.29, 1.82) is 0 Å². The Kier molecular flexibility index (Phi) is 7.88. The molecule has 1 atom stereocenters. The molecule has 0 aliphatic rings. The average Bonchev–Trinajstić information content (AvgIpc) is 3.21. The highest BCUT2D eigenvalue weighted by Gasteiger charge is 2.20. The first-order valence-electron chi connectivity index (χ1n) is 10.5. The first kappa shape index (κ1) is 23.3. The molecule has 2 heterocycles. The lowest BCUT2D eigenvalue weighted by atomic mass is 10.1. The highest BCUT2D eigenvalue weighted by atomic mass is 19.1. The van der Waals surface area contributed by atoms with Gasteiger partial charge in [-0.2, -0.15) is 5.10 Å². The van der Waals surface area contributed by atoms with Crippen LogP contribution in [0.25, 0.3) is 11.3 Å². The van der Waals surface area contributed by atoms with E-state index < -0.39 is 11.7 Å². The lowest BCUT2D eigenvalue weighted by molar-refractivity contribution is 0.0939. The van der Waals surface area contributed by atoms with E-state index in [1.165, 1.54) is 23.0 Å². The third-order valence-electron chi connectivity index (χ3n) is 5.18. The van der Waals surface area contributed by atoms with Crippen LogP contribution in [-0.2, 0) is 13.5 Å². The fraction of sp³-hybridized carbons (Fsp3) is 0.348. The first-order valence-corrected chi connectivity index (χ1v) is 10.5. The molecule has 0 bridgehead atoms. The smallest absolute Gasteiger partial charge is 0.255 e. The minimum absolute atomic E-state index is 0.0535. The zero-order valence-electron chi connectivity index (χ0n) is 18.1. The predicted molar refractivity (Wildman–Crippen MR) is 118 cm³/mol. The van der Waals surface area contributed by atoms with E-state index in [-0.39, 0.29) is 42.0 Å². The first-order chi connectivity index (χ1) is 15.4. The zero-order chi connectivity index (χ0) is 23.1. The molecule has 0 aliphatic heterocycles. The molecule has 0 spiro atoms. The fourth-order valence-corrected chi connectivity index (χ4v) is 3.23. The maximum absolute atomic E-state index is 14.9. The van der Waals surface area contributed by atoms with Crippen molar-refractivity contribution in [2.45, 2.75) is 19.8 Å². The van der Waals surface area contributed by atoms with Gasteiger partial charge >= 0.3 is 0 Å². The van der Waals surface area contributed by atoms with Crippen LogP contribution >= 0.6 is 0 Å². The van der Waals surface area contributed by atoms with Gasteiger partial charge in [-0.25, -0.2) is 13.8 Å². The number of rotatable bonds is 10. The summed E-state index contributed by atoms with van der Waals surface area (Å²) in [5.41, 5.74) is 1.40. The molecule has 32 heavy (non-hydrogen) atoms. The number of nitrogens with one attached hydrogen (secondary N) is 2. The molecule has 2 aromatic heterocycles. The summed E-state index contributed by atoms with van der Waals surface area (Å²) < 4.78 is 29.8. The van der Waals surface area contributed by atoms with Crippen LogP contribution in [0.15, 0.2) is 42.7 Å². The van der Waals surface area contributed by atoms with Gasteiger partial charge in [-0.3, -0.25) is 9.48 Å². The van der Waals surface area contributed by atoms with Gasteiger partial charge < -0.3 is 15.7 Å². The van der Waals surface area contributed by atoms with Crippen LogP contribution in [0.1, 0.15) is 29.3 Å². The van der Waals surface area contributed by atoms with Crippen molar-refractivity contribution in [2.75, 3.05) is 25.0 Å². The Morgan fingerprint density at radius 2 is 2.09 bits per heavy atom. The van der Waals surface area contributed by atoms with Gasteiger partial charge in [-0.15, -0.1) is 0 Å². The molecule has 170 valence electrons. The van der Waals surface area contributed by atoms with Gasteiger partial charge in [0.15, 0.2) is 5.82 Å². The van der Waals surface area contributed by atoms with Crippen LogP contribution in [0.3, 0.4) is 0 Å². The van der Waals surface area contributed by atoms with Crippen LogP contribution in [0.5, 0.6) is 0 Å². The highest BCUT2D eigenvalue weighted by Crippen LogP contribution is 2.25. The Balaban J connectivity index is 1.84. The molecule has 9 heteroatoms. The summed E-state index contributed by atoms with van der Waals surface area (Å²) in [6, 6.07) is 7.39. The van der Waals surface area contributed by atoms with E-state index in [1.807, 2.05) is 6.92 Å². The number of aliphatic hydroxyl groups excluding tert-OH is 1. The van der Waals surface area contributed by atoms with Gasteiger partial charge in [0.2, 0.25) is 0 Å². The highest BCUT2D eigenvalue weighted by molar-refractivity contribution is 5.99. The number of amides is 1. The molecule has 3 rings (SSSR count). The second kappa shape index (κ2) is 10.8. The SMILES string of the molecule is CC[C@@H](CO)CNC(=O)c1cc(F)c(-c2cnn(C)c2)nc1NCCc1cccc(F)c1. The van der Waals surface area contributed by atoms with Crippen LogP contribution in [0.4, 0.5) is 14.6 Å². The molecule has 7 nitrogen and oxygen atoms in total. The van der Waals surface area contributed by atoms with E-state index in [0.717, 1.165) is 11.6 Å². The number of aromatic nitrogens is 3. The Morgan fingerprint density at radius 1 is 1.28 bits per heavy atom. The number of carbonyl (C=O) groups is 1. The quantitative estimate of drug-likeness (QED) is 0.448. The van der Waals surface area contributed by atoms with E-state index in [4.69, 9.17) is 0 Å². The number of pyridine rings is 1. The van der Waals surface area contributed by atoms with Crippen molar-refractivity contribution in [2.24, 2.45) is 13.0 Å². The van der Waals surface area contributed by atoms with Crippen molar-refractivity contribution in [3.05, 3.63) is 65.5 Å². The van der Waals surface area contributed by atoms with E-state index in [2.05, 4.69) is 20.7 Å². The molecule has 1 aromatic carbocycles. The Hall–Kier alpha value is -3.33. The van der Waals surface area contributed by atoms with Gasteiger partial charge in [-0.05, 0) is 42.5 Å². The van der Waals surface area contributed by atoms with Gasteiger partial charge in [0, 0.05) is 38.5 Å². The third kappa shape index (κ3) is 5.88. The number of halogens is 2. The zero-order valence-corrected chi connectivity index (χ0v) is 18.1. The minimum Gasteiger partial charge on any atom is -0.396 e. The molecule has 0 fully saturated rings. The number of aryl methyl sites for hydroxylation is 1. The summed E-state index contributed by atoms with van der Waals surface area (Å²) in [6.45, 7) is 2.49. The number of nitrogens with zero attached hydrogens (tertiary/aromatic N) is 3. The maximum Gasteiger partial charge on any atom is 0.255 e. The summed E-state index contributed by atoms with van der Waals surface area (Å²) in [5.74, 6) is -1.33. The fourth-order valence-electron chi connectivity index (χ4n) is 3.23. The number of hydrogen-bond donors (Lipinski definition) is 3. The summed E-state index contributed by atoms with van der Waals surface area (Å²) in [4.78, 5) is 17.1. The van der Waals surface area contributed by atoms with Gasteiger partial charge in [0.25, 0.3) is 5.91 Å². The molecule has 3 aromatic rings. The molecule has 0 saturated heterocycles. The number of hydrogen-bond acceptors (Lipinski definition) is 5. The molecule has 0 saturated carbocycles. The van der Waals surface area contributed by atoms with E-state index in [0.29, 0.717) is 24.9 Å². The molecule has 3 N–H and O–H groups in total. The van der Waals surface area contributed by atoms with E-state index in [9.17, 15) is 18.7 Å². The maximum atomic E-state index is 14.9. The molecule has 0 radical (unpaired) electrons. The second-order valence-electron chi connectivity index (χ2n) is 7.59. The second-order valence-corrected chi connectivity index (χ2v) is 7.59.